The zero-order chi connectivity index (χ0) is 14.7. The molecule has 0 aliphatic carbocycles. The first-order valence-corrected chi connectivity index (χ1v) is 6.16. The molecule has 1 aromatic heterocycles. The minimum atomic E-state index is -4.62. The average Bonchev–Trinajstić information content (AvgIpc) is 2.26. The summed E-state index contributed by atoms with van der Waals surface area (Å²) in [5.74, 6) is -0.355. The van der Waals surface area contributed by atoms with Crippen LogP contribution in [0.1, 0.15) is 5.56 Å². The van der Waals surface area contributed by atoms with Crippen molar-refractivity contribution >= 4 is 21.7 Å². The molecule has 0 aromatic carbocycles. The molecule has 0 aliphatic heterocycles. The van der Waals surface area contributed by atoms with Crippen LogP contribution < -0.4 is 4.90 Å². The van der Waals surface area contributed by atoms with Gasteiger partial charge in [0.05, 0.1) is 5.56 Å². The molecule has 0 saturated heterocycles. The van der Waals surface area contributed by atoms with Crippen LogP contribution in [0.4, 0.5) is 32.2 Å². The van der Waals surface area contributed by atoms with Gasteiger partial charge in [0.15, 0.2) is 0 Å². The van der Waals surface area contributed by atoms with Crippen LogP contribution >= 0.6 is 15.9 Å². The van der Waals surface area contributed by atoms with E-state index < -0.39 is 24.5 Å². The van der Waals surface area contributed by atoms with Crippen LogP contribution in [0, 0.1) is 0 Å². The van der Waals surface area contributed by atoms with Gasteiger partial charge in [-0.25, -0.2) is 4.98 Å². The van der Waals surface area contributed by atoms with Crippen LogP contribution in [0.2, 0.25) is 0 Å². The number of hydrogen-bond donors (Lipinski definition) is 0. The summed E-state index contributed by atoms with van der Waals surface area (Å²) in [4.78, 5) is 4.30. The summed E-state index contributed by atoms with van der Waals surface area (Å²) < 4.78 is 74.5. The van der Waals surface area contributed by atoms with E-state index >= 15 is 0 Å². The number of alkyl halides is 7. The quantitative estimate of drug-likeness (QED) is 0.605. The van der Waals surface area contributed by atoms with E-state index in [4.69, 9.17) is 0 Å². The number of anilines is 1. The Bertz CT molecular complexity index is 417. The van der Waals surface area contributed by atoms with Crippen molar-refractivity contribution in [3.63, 3.8) is 0 Å². The Labute approximate surface area is 113 Å². The molecule has 0 bridgehead atoms. The molecule has 108 valence electrons. The molecule has 1 aromatic rings. The summed E-state index contributed by atoms with van der Waals surface area (Å²) in [6.07, 6.45) is -8.29. The standard InChI is InChI=1S/C10H9BrF6N2/c11-2-4-19(6-9(12,13)14)8-5-7(1-3-18-8)10(15,16)17/h1,3,5H,2,4,6H2. The smallest absolute Gasteiger partial charge is 0.347 e. The molecular formula is C10H9BrF6N2. The Morgan fingerprint density at radius 3 is 2.26 bits per heavy atom. The second-order valence-electron chi connectivity index (χ2n) is 3.63. The van der Waals surface area contributed by atoms with Gasteiger partial charge in [0, 0.05) is 18.1 Å². The van der Waals surface area contributed by atoms with Gasteiger partial charge < -0.3 is 4.90 Å². The number of pyridine rings is 1. The summed E-state index contributed by atoms with van der Waals surface area (Å²) >= 11 is 2.95. The zero-order valence-corrected chi connectivity index (χ0v) is 11.0. The zero-order valence-electron chi connectivity index (χ0n) is 9.39. The van der Waals surface area contributed by atoms with Gasteiger partial charge in [0.2, 0.25) is 0 Å². The predicted octanol–water partition coefficient (Wildman–Crippen LogP) is 3.86. The molecule has 0 radical (unpaired) electrons. The largest absolute Gasteiger partial charge is 0.416 e. The molecule has 0 amide bonds. The Morgan fingerprint density at radius 2 is 1.79 bits per heavy atom. The van der Waals surface area contributed by atoms with Gasteiger partial charge in [0.25, 0.3) is 0 Å². The maximum absolute atomic E-state index is 12.5. The van der Waals surface area contributed by atoms with Crippen molar-refractivity contribution in [3.8, 4) is 0 Å². The molecule has 0 N–H and O–H groups in total. The summed E-state index contributed by atoms with van der Waals surface area (Å²) in [5.41, 5.74) is -1.03. The Morgan fingerprint density at radius 1 is 1.16 bits per heavy atom. The minimum Gasteiger partial charge on any atom is -0.347 e. The third kappa shape index (κ3) is 5.25. The molecule has 0 spiro atoms. The Balaban J connectivity index is 3.03. The van der Waals surface area contributed by atoms with Crippen LogP contribution in [0.3, 0.4) is 0 Å². The minimum absolute atomic E-state index is 0.103. The highest BCUT2D eigenvalue weighted by atomic mass is 79.9. The lowest BCUT2D eigenvalue weighted by molar-refractivity contribution is -0.137. The predicted molar refractivity (Wildman–Crippen MR) is 61.3 cm³/mol. The molecule has 0 fully saturated rings. The summed E-state index contributed by atoms with van der Waals surface area (Å²) in [6, 6.07) is 1.32. The second-order valence-corrected chi connectivity index (χ2v) is 4.42. The maximum Gasteiger partial charge on any atom is 0.416 e. The average molecular weight is 351 g/mol. The first kappa shape index (κ1) is 16.1. The molecule has 0 aliphatic rings. The van der Waals surface area contributed by atoms with Gasteiger partial charge in [-0.1, -0.05) is 15.9 Å². The van der Waals surface area contributed by atoms with E-state index in [0.29, 0.717) is 12.1 Å². The van der Waals surface area contributed by atoms with E-state index in [2.05, 4.69) is 20.9 Å². The van der Waals surface area contributed by atoms with Gasteiger partial charge in [-0.2, -0.15) is 26.3 Å². The summed E-state index contributed by atoms with van der Waals surface area (Å²) in [6.45, 7) is -1.46. The summed E-state index contributed by atoms with van der Waals surface area (Å²) in [5, 5.41) is 0.182. The van der Waals surface area contributed by atoms with Gasteiger partial charge >= 0.3 is 12.4 Å². The van der Waals surface area contributed by atoms with Crippen molar-refractivity contribution in [2.75, 3.05) is 23.3 Å². The van der Waals surface area contributed by atoms with Crippen molar-refractivity contribution in [2.24, 2.45) is 0 Å². The van der Waals surface area contributed by atoms with Gasteiger partial charge in [-0.3, -0.25) is 0 Å². The fraction of sp³-hybridized carbons (Fsp3) is 0.500. The lowest BCUT2D eigenvalue weighted by Gasteiger charge is -2.24. The maximum atomic E-state index is 12.5. The van der Waals surface area contributed by atoms with Crippen LogP contribution in [0.25, 0.3) is 0 Å². The molecule has 9 heteroatoms. The molecule has 2 nitrogen and oxygen atoms in total. The van der Waals surface area contributed by atoms with E-state index in [0.717, 1.165) is 11.1 Å². The number of aromatic nitrogens is 1. The van der Waals surface area contributed by atoms with Crippen molar-refractivity contribution in [1.29, 1.82) is 0 Å². The van der Waals surface area contributed by atoms with Crippen LogP contribution in [-0.4, -0.2) is 29.6 Å². The molecular weight excluding hydrogens is 342 g/mol. The fourth-order valence-electron chi connectivity index (χ4n) is 1.36. The van der Waals surface area contributed by atoms with Gasteiger partial charge in [-0.05, 0) is 12.1 Å². The van der Waals surface area contributed by atoms with E-state index in [-0.39, 0.29) is 17.7 Å². The number of halogens is 7. The molecule has 1 rings (SSSR count). The van der Waals surface area contributed by atoms with Crippen LogP contribution in [0.15, 0.2) is 18.3 Å². The van der Waals surface area contributed by atoms with Crippen LogP contribution in [0.5, 0.6) is 0 Å². The van der Waals surface area contributed by atoms with E-state index in [9.17, 15) is 26.3 Å². The SMILES string of the molecule is FC(F)(F)CN(CCBr)c1cc(C(F)(F)F)ccn1. The number of hydrogen-bond acceptors (Lipinski definition) is 2. The van der Waals surface area contributed by atoms with E-state index in [1.54, 1.807) is 0 Å². The number of rotatable bonds is 4. The topological polar surface area (TPSA) is 16.1 Å². The normalized spacial score (nSPS) is 12.6. The summed E-state index contributed by atoms with van der Waals surface area (Å²) in [7, 11) is 0. The van der Waals surface area contributed by atoms with Crippen molar-refractivity contribution < 1.29 is 26.3 Å². The third-order valence-electron chi connectivity index (χ3n) is 2.12. The highest BCUT2D eigenvalue weighted by molar-refractivity contribution is 9.09. The second kappa shape index (κ2) is 5.98. The lowest BCUT2D eigenvalue weighted by Crippen LogP contribution is -2.36. The Hall–Kier alpha value is -0.990. The van der Waals surface area contributed by atoms with Crippen molar-refractivity contribution in [2.45, 2.75) is 12.4 Å². The highest BCUT2D eigenvalue weighted by Crippen LogP contribution is 2.31. The fourth-order valence-corrected chi connectivity index (χ4v) is 1.79. The lowest BCUT2D eigenvalue weighted by atomic mass is 10.2. The van der Waals surface area contributed by atoms with E-state index in [1.807, 2.05) is 0 Å². The van der Waals surface area contributed by atoms with E-state index in [1.165, 1.54) is 0 Å². The molecule has 19 heavy (non-hydrogen) atoms. The monoisotopic (exact) mass is 350 g/mol. The molecule has 0 unspecified atom stereocenters. The first-order chi connectivity index (χ1) is 8.63. The first-order valence-electron chi connectivity index (χ1n) is 5.04. The third-order valence-corrected chi connectivity index (χ3v) is 2.48. The molecule has 0 atom stereocenters. The van der Waals surface area contributed by atoms with Crippen molar-refractivity contribution in [3.05, 3.63) is 23.9 Å². The molecule has 0 saturated carbocycles. The van der Waals surface area contributed by atoms with Gasteiger partial charge in [-0.15, -0.1) is 0 Å². The van der Waals surface area contributed by atoms with Crippen LogP contribution in [-0.2, 0) is 6.18 Å². The molecule has 1 heterocycles. The van der Waals surface area contributed by atoms with Gasteiger partial charge in [0.1, 0.15) is 12.4 Å². The Kier molecular flexibility index (Phi) is 5.05. The highest BCUT2D eigenvalue weighted by Gasteiger charge is 2.34. The van der Waals surface area contributed by atoms with Crippen molar-refractivity contribution in [1.82, 2.24) is 4.98 Å². The number of nitrogens with zero attached hydrogens (tertiary/aromatic N) is 2.